The van der Waals surface area contributed by atoms with Gasteiger partial charge in [-0.2, -0.15) is 0 Å². The van der Waals surface area contributed by atoms with E-state index in [0.29, 0.717) is 6.10 Å². The molecule has 0 aliphatic carbocycles. The minimum absolute atomic E-state index is 0.277. The summed E-state index contributed by atoms with van der Waals surface area (Å²) in [5.74, 6) is 0.755. The van der Waals surface area contributed by atoms with Crippen molar-refractivity contribution >= 4 is 26.7 Å². The van der Waals surface area contributed by atoms with Crippen LogP contribution in [0.2, 0.25) is 31.4 Å². The fourth-order valence-corrected chi connectivity index (χ4v) is 20.0. The summed E-state index contributed by atoms with van der Waals surface area (Å²) >= 11 is -2.26. The predicted octanol–water partition coefficient (Wildman–Crippen LogP) is 10.5. The van der Waals surface area contributed by atoms with Gasteiger partial charge in [0.25, 0.3) is 0 Å². The molecule has 3 heteroatoms. The Morgan fingerprint density at radius 3 is 1.65 bits per heavy atom. The summed E-state index contributed by atoms with van der Waals surface area (Å²) < 4.78 is 14.6. The standard InChI is InChI=1S/C16H33OSi.3C4H9.Sn/c1-9-11-12-14(3)13-15(10-2)17-18(7,8)16(4,5)6;3*1-3-4-2;/h2,10,14-15H,9,11-13H2,1,3-8H3;3*1,3-4H2,2H3;/t14-,15+;;;;/m0..../s1. The molecule has 1 nitrogen and oxygen atoms in total. The third-order valence-electron chi connectivity index (χ3n) is 7.69. The Balaban J connectivity index is 5.77. The molecular weight excluding hydrogens is 499 g/mol. The molecule has 0 fully saturated rings. The first-order chi connectivity index (χ1) is 14.5. The quantitative estimate of drug-likeness (QED) is 0.152. The first-order valence-corrected chi connectivity index (χ1v) is 24.4. The molecule has 0 saturated heterocycles. The molecule has 0 amide bonds. The van der Waals surface area contributed by atoms with Gasteiger partial charge in [0.1, 0.15) is 0 Å². The zero-order chi connectivity index (χ0) is 24.0. The Bertz CT molecular complexity index is 444. The van der Waals surface area contributed by atoms with E-state index in [1.165, 1.54) is 64.2 Å². The monoisotopic (exact) mass is 560 g/mol. The van der Waals surface area contributed by atoms with E-state index in [1.54, 1.807) is 13.3 Å². The van der Waals surface area contributed by atoms with Gasteiger partial charge in [0.15, 0.2) is 0 Å². The molecule has 0 spiro atoms. The maximum absolute atomic E-state index is 7.05. The van der Waals surface area contributed by atoms with Crippen molar-refractivity contribution in [2.75, 3.05) is 0 Å². The fraction of sp³-hybridized carbons (Fsp3) is 0.929. The molecule has 0 rings (SSSR count). The number of rotatable bonds is 18. The van der Waals surface area contributed by atoms with E-state index in [9.17, 15) is 0 Å². The Labute approximate surface area is 203 Å². The van der Waals surface area contributed by atoms with Crippen molar-refractivity contribution in [3.63, 3.8) is 0 Å². The van der Waals surface area contributed by atoms with Crippen LogP contribution in [0.5, 0.6) is 0 Å². The van der Waals surface area contributed by atoms with Gasteiger partial charge in [-0.3, -0.25) is 0 Å². The zero-order valence-electron chi connectivity index (χ0n) is 23.4. The first kappa shape index (κ1) is 31.7. The van der Waals surface area contributed by atoms with Crippen LogP contribution >= 0.6 is 0 Å². The summed E-state index contributed by atoms with van der Waals surface area (Å²) in [4.78, 5) is 0. The summed E-state index contributed by atoms with van der Waals surface area (Å²) in [6.07, 6.45) is 16.5. The second kappa shape index (κ2) is 16.4. The van der Waals surface area contributed by atoms with E-state index < -0.39 is 26.7 Å². The van der Waals surface area contributed by atoms with Crippen LogP contribution in [-0.2, 0) is 4.43 Å². The Hall–Kier alpha value is 0.716. The van der Waals surface area contributed by atoms with Crippen molar-refractivity contribution in [2.45, 2.75) is 157 Å². The topological polar surface area (TPSA) is 9.23 Å². The molecule has 0 aromatic heterocycles. The average molecular weight is 560 g/mol. The van der Waals surface area contributed by atoms with Crippen LogP contribution in [0.15, 0.2) is 10.2 Å². The molecule has 186 valence electrons. The molecule has 0 aliphatic heterocycles. The van der Waals surface area contributed by atoms with Gasteiger partial charge in [0.05, 0.1) is 0 Å². The maximum atomic E-state index is 7.05. The van der Waals surface area contributed by atoms with Gasteiger partial charge in [-0.25, -0.2) is 0 Å². The van der Waals surface area contributed by atoms with E-state index in [2.05, 4.69) is 78.7 Å². The van der Waals surface area contributed by atoms with Gasteiger partial charge in [-0.1, -0.05) is 0 Å². The second-order valence-electron chi connectivity index (χ2n) is 11.9. The molecule has 31 heavy (non-hydrogen) atoms. The number of hydrogen-bond donors (Lipinski definition) is 0. The number of hydrogen-bond acceptors (Lipinski definition) is 1. The van der Waals surface area contributed by atoms with E-state index in [4.69, 9.17) is 4.43 Å². The van der Waals surface area contributed by atoms with Crippen LogP contribution in [0.25, 0.3) is 0 Å². The molecule has 0 heterocycles. The normalized spacial score (nSPS) is 15.5. The van der Waals surface area contributed by atoms with Crippen LogP contribution in [0, 0.1) is 5.92 Å². The van der Waals surface area contributed by atoms with Crippen LogP contribution in [-0.4, -0.2) is 32.8 Å². The van der Waals surface area contributed by atoms with Gasteiger partial charge in [-0.15, -0.1) is 0 Å². The van der Waals surface area contributed by atoms with Crippen LogP contribution in [0.1, 0.15) is 120 Å². The third-order valence-corrected chi connectivity index (χ3v) is 26.3. The molecule has 0 N–H and O–H groups in total. The molecule has 2 atom stereocenters. The van der Waals surface area contributed by atoms with E-state index >= 15 is 0 Å². The summed E-state index contributed by atoms with van der Waals surface area (Å²) in [5.41, 5.74) is 0. The molecular formula is C28H60OSiSn. The molecule has 0 bridgehead atoms. The van der Waals surface area contributed by atoms with Crippen molar-refractivity contribution in [1.29, 1.82) is 0 Å². The van der Waals surface area contributed by atoms with Gasteiger partial charge >= 0.3 is 204 Å². The van der Waals surface area contributed by atoms with Crippen molar-refractivity contribution in [1.82, 2.24) is 0 Å². The predicted molar refractivity (Wildman–Crippen MR) is 149 cm³/mol. The van der Waals surface area contributed by atoms with Gasteiger partial charge < -0.3 is 0 Å². The molecule has 0 radical (unpaired) electrons. The third kappa shape index (κ3) is 13.3. The Morgan fingerprint density at radius 1 is 0.806 bits per heavy atom. The van der Waals surface area contributed by atoms with Crippen LogP contribution in [0.3, 0.4) is 0 Å². The van der Waals surface area contributed by atoms with Gasteiger partial charge in [0.2, 0.25) is 0 Å². The van der Waals surface area contributed by atoms with Crippen molar-refractivity contribution < 1.29 is 4.43 Å². The van der Waals surface area contributed by atoms with E-state index in [1.807, 2.05) is 0 Å². The Morgan fingerprint density at radius 2 is 1.26 bits per heavy atom. The molecule has 0 unspecified atom stereocenters. The van der Waals surface area contributed by atoms with Gasteiger partial charge in [-0.05, 0) is 0 Å². The molecule has 0 saturated carbocycles. The van der Waals surface area contributed by atoms with Crippen molar-refractivity contribution in [3.05, 3.63) is 10.2 Å². The van der Waals surface area contributed by atoms with E-state index in [-0.39, 0.29) is 5.04 Å². The molecule has 0 aromatic rings. The Kier molecular flexibility index (Phi) is 16.7. The van der Waals surface area contributed by atoms with Crippen molar-refractivity contribution in [3.8, 4) is 0 Å². The SMILES string of the molecule is CCCC[C@H](C)C[C@@H](/C=[CH]/[Sn]([CH2]CCC)([CH2]CCC)[CH2]CCC)O[Si](C)(C)C(C)(C)C. The minimum atomic E-state index is -2.26. The van der Waals surface area contributed by atoms with E-state index in [0.717, 1.165) is 5.92 Å². The molecule has 0 aromatic carbocycles. The summed E-state index contributed by atoms with van der Waals surface area (Å²) in [7, 11) is -1.77. The van der Waals surface area contributed by atoms with Crippen LogP contribution in [0.4, 0.5) is 0 Å². The second-order valence-corrected chi connectivity index (χ2v) is 29.7. The zero-order valence-corrected chi connectivity index (χ0v) is 27.3. The summed E-state index contributed by atoms with van der Waals surface area (Å²) in [6, 6.07) is 0. The van der Waals surface area contributed by atoms with Gasteiger partial charge in [0, 0.05) is 0 Å². The number of unbranched alkanes of at least 4 members (excludes halogenated alkanes) is 4. The van der Waals surface area contributed by atoms with Crippen LogP contribution < -0.4 is 0 Å². The van der Waals surface area contributed by atoms with Crippen molar-refractivity contribution in [2.24, 2.45) is 5.92 Å². The first-order valence-electron chi connectivity index (χ1n) is 13.8. The fourth-order valence-electron chi connectivity index (χ4n) is 4.31. The molecule has 0 aliphatic rings. The average Bonchev–Trinajstić information content (AvgIpc) is 2.70. The summed E-state index contributed by atoms with van der Waals surface area (Å²) in [6.45, 7) is 23.9. The summed E-state index contributed by atoms with van der Waals surface area (Å²) in [5, 5.41) is 0.277.